The lowest BCUT2D eigenvalue weighted by Crippen LogP contribution is -2.28. The second-order valence-corrected chi connectivity index (χ2v) is 37.1. The summed E-state index contributed by atoms with van der Waals surface area (Å²) in [6, 6.07) is 0. The Morgan fingerprint density at radius 3 is 0.770 bits per heavy atom. The molecule has 0 aromatic rings. The topological polar surface area (TPSA) is 89.5 Å². The van der Waals surface area contributed by atoms with Gasteiger partial charge in [-0.1, -0.05) is 302 Å². The van der Waals surface area contributed by atoms with Crippen LogP contribution in [0.5, 0.6) is 0 Å². The van der Waals surface area contributed by atoms with Crippen molar-refractivity contribution in [1.29, 1.82) is 0 Å². The van der Waals surface area contributed by atoms with Crippen LogP contribution in [-0.2, 0) is 38.0 Å². The number of carbonyl (C=O) groups excluding carboxylic acids is 2. The van der Waals surface area contributed by atoms with E-state index < -0.39 is 11.9 Å². The zero-order valence-corrected chi connectivity index (χ0v) is 68.3. The van der Waals surface area contributed by atoms with E-state index in [1.165, 1.54) is 269 Å². The number of ether oxygens (including phenoxy) is 6. The molecule has 0 spiro atoms. The zero-order chi connectivity index (χ0) is 72.3. The monoisotopic (exact) mass is 1400 g/mol. The fourth-order valence-corrected chi connectivity index (χ4v) is 19.6. The van der Waals surface area contributed by atoms with E-state index in [-0.39, 0.29) is 25.4 Å². The van der Waals surface area contributed by atoms with E-state index in [0.29, 0.717) is 50.1 Å². The van der Waals surface area contributed by atoms with Gasteiger partial charge in [-0.3, -0.25) is 0 Å². The lowest BCUT2D eigenvalue weighted by Gasteiger charge is -2.22. The van der Waals surface area contributed by atoms with Crippen molar-refractivity contribution in [3.05, 3.63) is 25.3 Å². The van der Waals surface area contributed by atoms with Gasteiger partial charge in [-0.15, -0.1) is 0 Å². The van der Waals surface area contributed by atoms with E-state index in [1.54, 1.807) is 0 Å². The van der Waals surface area contributed by atoms with Gasteiger partial charge < -0.3 is 28.4 Å². The maximum absolute atomic E-state index is 12.0. The summed E-state index contributed by atoms with van der Waals surface area (Å²) < 4.78 is 36.2. The minimum Gasteiger partial charge on any atom is -0.460 e. The molecule has 8 bridgehead atoms. The second kappa shape index (κ2) is 53.1. The maximum Gasteiger partial charge on any atom is 0.330 e. The van der Waals surface area contributed by atoms with Crippen molar-refractivity contribution < 1.29 is 38.0 Å². The van der Waals surface area contributed by atoms with E-state index in [2.05, 4.69) is 96.2 Å². The van der Waals surface area contributed by atoms with Crippen molar-refractivity contribution >= 4 is 11.9 Å². The first kappa shape index (κ1) is 88.9. The first-order chi connectivity index (χ1) is 48.2. The molecule has 5 aliphatic rings. The Bertz CT molecular complexity index is 1920. The highest BCUT2D eigenvalue weighted by molar-refractivity contribution is 5.81. The van der Waals surface area contributed by atoms with Gasteiger partial charge in [-0.25, -0.2) is 9.59 Å². The Balaban J connectivity index is 1.01. The van der Waals surface area contributed by atoms with Gasteiger partial charge in [0.1, 0.15) is 25.4 Å². The summed E-state index contributed by atoms with van der Waals surface area (Å²) >= 11 is 0. The lowest BCUT2D eigenvalue weighted by molar-refractivity contribution is -0.145. The zero-order valence-electron chi connectivity index (χ0n) is 68.3. The van der Waals surface area contributed by atoms with E-state index in [4.69, 9.17) is 28.4 Å². The van der Waals surface area contributed by atoms with Gasteiger partial charge in [-0.05, 0) is 195 Å². The van der Waals surface area contributed by atoms with Gasteiger partial charge in [0.15, 0.2) is 0 Å². The minimum absolute atomic E-state index is 0.220. The van der Waals surface area contributed by atoms with Crippen molar-refractivity contribution in [2.24, 2.45) is 118 Å². The van der Waals surface area contributed by atoms with Crippen LogP contribution in [0.2, 0.25) is 0 Å². The van der Waals surface area contributed by atoms with Crippen LogP contribution in [0.15, 0.2) is 25.3 Å². The number of hydrogen-bond acceptors (Lipinski definition) is 8. The molecule has 8 nitrogen and oxygen atoms in total. The van der Waals surface area contributed by atoms with Crippen LogP contribution in [0.1, 0.15) is 366 Å². The van der Waals surface area contributed by atoms with Crippen LogP contribution in [0.4, 0.5) is 0 Å². The second-order valence-electron chi connectivity index (χ2n) is 37.1. The van der Waals surface area contributed by atoms with Gasteiger partial charge in [0.25, 0.3) is 0 Å². The molecule has 1 aliphatic heterocycles. The molecule has 0 aromatic heterocycles. The Kier molecular flexibility index (Phi) is 47.2. The van der Waals surface area contributed by atoms with Crippen LogP contribution in [0.3, 0.4) is 0 Å². The normalized spacial score (nSPS) is 38.1. The summed E-state index contributed by atoms with van der Waals surface area (Å²) in [6.45, 7) is 41.4. The molecule has 22 unspecified atom stereocenters. The molecule has 100 heavy (non-hydrogen) atoms. The summed E-state index contributed by atoms with van der Waals surface area (Å²) in [5.41, 5.74) is 0. The van der Waals surface area contributed by atoms with Crippen molar-refractivity contribution in [2.45, 2.75) is 378 Å². The van der Waals surface area contributed by atoms with E-state index in [0.717, 1.165) is 134 Å². The third kappa shape index (κ3) is 39.7. The van der Waals surface area contributed by atoms with Crippen molar-refractivity contribution in [3.8, 4) is 0 Å². The van der Waals surface area contributed by atoms with Crippen LogP contribution < -0.4 is 0 Å². The highest BCUT2D eigenvalue weighted by Gasteiger charge is 2.33. The highest BCUT2D eigenvalue weighted by Crippen LogP contribution is 2.45. The van der Waals surface area contributed by atoms with Gasteiger partial charge in [0.2, 0.25) is 0 Å². The number of esters is 2. The predicted octanol–water partition coefficient (Wildman–Crippen LogP) is 26.0. The molecule has 0 radical (unpaired) electrons. The minimum atomic E-state index is -0.393. The largest absolute Gasteiger partial charge is 0.460 e. The molecular weight excluding hydrogens is 1230 g/mol. The van der Waals surface area contributed by atoms with Gasteiger partial charge in [0.05, 0.1) is 13.2 Å². The van der Waals surface area contributed by atoms with Crippen LogP contribution in [0, 0.1) is 118 Å². The summed E-state index contributed by atoms with van der Waals surface area (Å²) in [6.07, 6.45) is 62.0. The smallest absolute Gasteiger partial charge is 0.330 e. The molecule has 5 fully saturated rings. The fourth-order valence-electron chi connectivity index (χ4n) is 19.6. The van der Waals surface area contributed by atoms with E-state index >= 15 is 0 Å². The predicted molar refractivity (Wildman–Crippen MR) is 424 cm³/mol. The van der Waals surface area contributed by atoms with Gasteiger partial charge >= 0.3 is 11.9 Å². The molecule has 8 heteroatoms. The van der Waals surface area contributed by atoms with E-state index in [9.17, 15) is 9.59 Å². The molecule has 4 saturated carbocycles. The Labute approximate surface area is 621 Å². The average molecular weight is 1400 g/mol. The SMILES string of the molecule is C=CC(=O)OCC1COCCC(C)CCCC2CCC(C2)C(C)CCCC(C)CCC(C)CCCC(C)C2CCC(CCCC(C)CCOCC(COC(=O)C=C)OCCC(C)CCCC3CCC(C3)C(C)CCCC(C)CCC(C)CCCC(C)C3CCC(CCCC(C)CCO1)C3)C2. The van der Waals surface area contributed by atoms with Crippen LogP contribution >= 0.6 is 0 Å². The first-order valence-corrected chi connectivity index (χ1v) is 44.2. The molecule has 4 aliphatic carbocycles. The lowest BCUT2D eigenvalue weighted by atomic mass is 9.84. The van der Waals surface area contributed by atoms with Crippen molar-refractivity contribution in [1.82, 2.24) is 0 Å². The number of hydrogen-bond donors (Lipinski definition) is 0. The van der Waals surface area contributed by atoms with Crippen LogP contribution in [0.25, 0.3) is 0 Å². The van der Waals surface area contributed by atoms with E-state index in [1.807, 2.05) is 0 Å². The molecule has 22 atom stereocenters. The molecule has 0 aromatic carbocycles. The molecule has 1 heterocycles. The third-order valence-electron chi connectivity index (χ3n) is 27.7. The molecule has 584 valence electrons. The number of rotatable bonds is 6. The number of carbonyl (C=O) groups is 2. The first-order valence-electron chi connectivity index (χ1n) is 44.2. The summed E-state index contributed by atoms with van der Waals surface area (Å²) in [7, 11) is 0. The third-order valence-corrected chi connectivity index (χ3v) is 27.7. The maximum atomic E-state index is 12.0. The van der Waals surface area contributed by atoms with Crippen molar-refractivity contribution in [3.63, 3.8) is 0 Å². The summed E-state index contributed by atoms with van der Waals surface area (Å²) in [5.74, 6) is 16.0. The van der Waals surface area contributed by atoms with Crippen LogP contribution in [-0.4, -0.2) is 77.0 Å². The van der Waals surface area contributed by atoms with Gasteiger partial charge in [-0.2, -0.15) is 0 Å². The molecule has 1 saturated heterocycles. The Morgan fingerprint density at radius 2 is 0.520 bits per heavy atom. The average Bonchev–Trinajstić information content (AvgIpc) is 1.80. The Hall–Kier alpha value is -1.74. The molecule has 0 amide bonds. The summed E-state index contributed by atoms with van der Waals surface area (Å²) in [5, 5.41) is 0. The quantitative estimate of drug-likeness (QED) is 0.192. The molecule has 5 rings (SSSR count). The van der Waals surface area contributed by atoms with Gasteiger partial charge in [0, 0.05) is 38.6 Å². The Morgan fingerprint density at radius 1 is 0.290 bits per heavy atom. The summed E-state index contributed by atoms with van der Waals surface area (Å²) in [4.78, 5) is 24.1. The van der Waals surface area contributed by atoms with Crippen molar-refractivity contribution in [2.75, 3.05) is 52.9 Å². The molecular formula is C92H168O8. The molecule has 0 N–H and O–H groups in total. The highest BCUT2D eigenvalue weighted by atomic mass is 16.6. The standard InChI is InChI=1S/C92H168O8/c1-15-91(93)99-67-89-65-95-57-53-73(7)29-21-37-81-45-49-85(61-81)77(11)33-17-25-69(3)41-42-70(4)26-18-34-78(12)86-50-46-82(62-86)38-22-30-74(8)54-58-96-66-90(68-100-92(94)16-2)98-60-56-76(10)32-24-40-84-48-52-88(64-84)80(14)36-20-28-72(6)44-43-71(5)27-19-35-79(13)87-51-47-83(63-87)39-23-31-75(9)55-59-97-89/h15-16,69-90H,1-2,17-68H2,3-14H3. The number of fused-ring (bicyclic) bond motifs is 8. The fraction of sp³-hybridized carbons (Fsp3) is 0.935.